The van der Waals surface area contributed by atoms with E-state index in [0.717, 1.165) is 16.4 Å². The molecule has 1 aliphatic heterocycles. The second-order valence-corrected chi connectivity index (χ2v) is 11.5. The van der Waals surface area contributed by atoms with Crippen molar-refractivity contribution >= 4 is 43.0 Å². The summed E-state index contributed by atoms with van der Waals surface area (Å²) in [5.41, 5.74) is 0.694. The summed E-state index contributed by atoms with van der Waals surface area (Å²) in [4.78, 5) is 12.6. The zero-order valence-corrected chi connectivity index (χ0v) is 20.6. The molecule has 0 unspecified atom stereocenters. The van der Waals surface area contributed by atoms with Gasteiger partial charge in [-0.05, 0) is 67.6 Å². The third-order valence-electron chi connectivity index (χ3n) is 5.18. The number of benzene rings is 3. The van der Waals surface area contributed by atoms with E-state index in [-0.39, 0.29) is 34.5 Å². The number of anilines is 3. The van der Waals surface area contributed by atoms with Gasteiger partial charge in [0.05, 0.1) is 16.3 Å². The molecule has 10 nitrogen and oxygen atoms in total. The number of nitrogens with zero attached hydrogens (tertiary/aromatic N) is 1. The molecule has 1 amide bonds. The van der Waals surface area contributed by atoms with Crippen molar-refractivity contribution in [2.24, 2.45) is 0 Å². The first-order valence-corrected chi connectivity index (χ1v) is 13.7. The molecule has 190 valence electrons. The maximum Gasteiger partial charge on any atom is 0.261 e. The van der Waals surface area contributed by atoms with Gasteiger partial charge >= 0.3 is 0 Å². The highest BCUT2D eigenvalue weighted by Gasteiger charge is 2.26. The SMILES string of the molecule is CCS(=O)(=O)N(CC(=O)Nc1ccc(S(=O)(=O)Nc2ccc(F)cc2)cc1)c1ccc2c(c1)OCO2. The van der Waals surface area contributed by atoms with Crippen molar-refractivity contribution < 1.29 is 35.5 Å². The largest absolute Gasteiger partial charge is 0.454 e. The summed E-state index contributed by atoms with van der Waals surface area (Å²) >= 11 is 0. The van der Waals surface area contributed by atoms with Gasteiger partial charge in [-0.25, -0.2) is 21.2 Å². The van der Waals surface area contributed by atoms with Crippen molar-refractivity contribution in [3.8, 4) is 11.5 Å². The minimum Gasteiger partial charge on any atom is -0.454 e. The summed E-state index contributed by atoms with van der Waals surface area (Å²) in [7, 11) is -7.76. The van der Waals surface area contributed by atoms with E-state index in [4.69, 9.17) is 9.47 Å². The van der Waals surface area contributed by atoms with Crippen LogP contribution in [0, 0.1) is 5.82 Å². The van der Waals surface area contributed by atoms with Crippen molar-refractivity contribution in [3.63, 3.8) is 0 Å². The highest BCUT2D eigenvalue weighted by atomic mass is 32.2. The smallest absolute Gasteiger partial charge is 0.261 e. The summed E-state index contributed by atoms with van der Waals surface area (Å²) in [6.07, 6.45) is 0. The van der Waals surface area contributed by atoms with E-state index >= 15 is 0 Å². The fraction of sp³-hybridized carbons (Fsp3) is 0.174. The number of amides is 1. The molecule has 0 spiro atoms. The van der Waals surface area contributed by atoms with Crippen molar-refractivity contribution in [3.05, 3.63) is 72.5 Å². The number of halogens is 1. The number of hydrogen-bond acceptors (Lipinski definition) is 7. The molecule has 36 heavy (non-hydrogen) atoms. The van der Waals surface area contributed by atoms with E-state index < -0.39 is 38.3 Å². The Morgan fingerprint density at radius 3 is 2.22 bits per heavy atom. The molecule has 0 saturated carbocycles. The lowest BCUT2D eigenvalue weighted by Gasteiger charge is -2.23. The van der Waals surface area contributed by atoms with E-state index in [2.05, 4.69) is 10.0 Å². The minimum absolute atomic E-state index is 0.0188. The average molecular weight is 536 g/mol. The highest BCUT2D eigenvalue weighted by Crippen LogP contribution is 2.36. The quantitative estimate of drug-likeness (QED) is 0.430. The van der Waals surface area contributed by atoms with Gasteiger partial charge in [0.15, 0.2) is 11.5 Å². The Bertz CT molecular complexity index is 1480. The fourth-order valence-corrected chi connectivity index (χ4v) is 5.45. The molecule has 0 bridgehead atoms. The van der Waals surface area contributed by atoms with Crippen LogP contribution in [0.5, 0.6) is 11.5 Å². The zero-order chi connectivity index (χ0) is 25.9. The van der Waals surface area contributed by atoms with Crippen LogP contribution in [0.3, 0.4) is 0 Å². The summed E-state index contributed by atoms with van der Waals surface area (Å²) < 4.78 is 77.4. The van der Waals surface area contributed by atoms with E-state index in [1.54, 1.807) is 6.07 Å². The number of fused-ring (bicyclic) bond motifs is 1. The fourth-order valence-electron chi connectivity index (χ4n) is 3.33. The van der Waals surface area contributed by atoms with E-state index in [0.29, 0.717) is 11.5 Å². The monoisotopic (exact) mass is 535 g/mol. The van der Waals surface area contributed by atoms with E-state index in [1.807, 2.05) is 0 Å². The molecule has 0 saturated heterocycles. The zero-order valence-electron chi connectivity index (χ0n) is 19.0. The number of sulfonamides is 2. The lowest BCUT2D eigenvalue weighted by Crippen LogP contribution is -2.39. The van der Waals surface area contributed by atoms with Gasteiger partial charge in [0.1, 0.15) is 12.4 Å². The Labute approximate surface area is 207 Å². The van der Waals surface area contributed by atoms with Crippen LogP contribution in [0.2, 0.25) is 0 Å². The molecule has 4 rings (SSSR count). The third kappa shape index (κ3) is 5.69. The Hall–Kier alpha value is -3.84. The predicted octanol–water partition coefficient (Wildman–Crippen LogP) is 3.15. The molecular formula is C23H22FN3O7S2. The van der Waals surface area contributed by atoms with Crippen LogP contribution >= 0.6 is 0 Å². The van der Waals surface area contributed by atoms with Gasteiger partial charge in [0, 0.05) is 17.4 Å². The Kier molecular flexibility index (Phi) is 7.04. The van der Waals surface area contributed by atoms with Gasteiger partial charge in [-0.3, -0.25) is 13.8 Å². The first-order valence-electron chi connectivity index (χ1n) is 10.7. The Balaban J connectivity index is 1.46. The molecule has 0 atom stereocenters. The Morgan fingerprint density at radius 1 is 0.917 bits per heavy atom. The highest BCUT2D eigenvalue weighted by molar-refractivity contribution is 7.93. The average Bonchev–Trinajstić information content (AvgIpc) is 3.32. The van der Waals surface area contributed by atoms with E-state index in [9.17, 15) is 26.0 Å². The lowest BCUT2D eigenvalue weighted by molar-refractivity contribution is -0.114. The summed E-state index contributed by atoms with van der Waals surface area (Å²) in [6.45, 7) is 0.972. The molecule has 0 aromatic heterocycles. The Morgan fingerprint density at radius 2 is 1.56 bits per heavy atom. The molecule has 0 radical (unpaired) electrons. The molecule has 1 heterocycles. The number of rotatable bonds is 9. The van der Waals surface area contributed by atoms with Crippen LogP contribution < -0.4 is 23.8 Å². The van der Waals surface area contributed by atoms with Crippen molar-refractivity contribution in [1.82, 2.24) is 0 Å². The van der Waals surface area contributed by atoms with Crippen LogP contribution in [0.15, 0.2) is 71.6 Å². The molecule has 0 aliphatic carbocycles. The lowest BCUT2D eigenvalue weighted by atomic mass is 10.2. The van der Waals surface area contributed by atoms with Gasteiger partial charge < -0.3 is 14.8 Å². The molecule has 1 aliphatic rings. The van der Waals surface area contributed by atoms with Gasteiger partial charge in [0.25, 0.3) is 10.0 Å². The normalized spacial score (nSPS) is 12.7. The number of carbonyl (C=O) groups excluding carboxylic acids is 1. The molecule has 3 aromatic carbocycles. The van der Waals surface area contributed by atoms with Crippen LogP contribution in [0.25, 0.3) is 0 Å². The maximum absolute atomic E-state index is 13.0. The van der Waals surface area contributed by atoms with Crippen molar-refractivity contribution in [2.75, 3.05) is 33.4 Å². The van der Waals surface area contributed by atoms with Gasteiger partial charge in [-0.15, -0.1) is 0 Å². The standard InChI is InChI=1S/C23H22FN3O7S2/c1-2-35(29,30)27(19-9-12-21-22(13-19)34-15-33-21)14-23(28)25-17-7-10-20(11-8-17)36(31,32)26-18-5-3-16(24)4-6-18/h3-13,26H,2,14-15H2,1H3,(H,25,28). The third-order valence-corrected chi connectivity index (χ3v) is 8.32. The number of ether oxygens (including phenoxy) is 2. The minimum atomic E-state index is -3.95. The molecule has 13 heteroatoms. The van der Waals surface area contributed by atoms with Crippen LogP contribution in [0.1, 0.15) is 6.92 Å². The molecular weight excluding hydrogens is 513 g/mol. The molecule has 2 N–H and O–H groups in total. The number of hydrogen-bond donors (Lipinski definition) is 2. The summed E-state index contributed by atoms with van der Waals surface area (Å²) in [5.74, 6) is -0.523. The van der Waals surface area contributed by atoms with Crippen molar-refractivity contribution in [1.29, 1.82) is 0 Å². The predicted molar refractivity (Wildman–Crippen MR) is 132 cm³/mol. The van der Waals surface area contributed by atoms with Crippen LogP contribution in [-0.2, 0) is 24.8 Å². The second kappa shape index (κ2) is 10.0. The first kappa shape index (κ1) is 25.3. The van der Waals surface area contributed by atoms with Crippen LogP contribution in [0.4, 0.5) is 21.5 Å². The topological polar surface area (TPSA) is 131 Å². The summed E-state index contributed by atoms with van der Waals surface area (Å²) in [5, 5.41) is 2.57. The van der Waals surface area contributed by atoms with Gasteiger partial charge in [0.2, 0.25) is 22.7 Å². The molecule has 3 aromatic rings. The van der Waals surface area contributed by atoms with Gasteiger partial charge in [-0.2, -0.15) is 0 Å². The van der Waals surface area contributed by atoms with Gasteiger partial charge in [-0.1, -0.05) is 0 Å². The number of nitrogens with one attached hydrogen (secondary N) is 2. The number of carbonyl (C=O) groups is 1. The van der Waals surface area contributed by atoms with Crippen molar-refractivity contribution in [2.45, 2.75) is 11.8 Å². The van der Waals surface area contributed by atoms with Crippen LogP contribution in [-0.4, -0.2) is 41.8 Å². The maximum atomic E-state index is 13.0. The van der Waals surface area contributed by atoms with E-state index in [1.165, 1.54) is 55.5 Å². The summed E-state index contributed by atoms with van der Waals surface area (Å²) in [6, 6.07) is 14.7. The second-order valence-electron chi connectivity index (χ2n) is 7.63. The molecule has 0 fully saturated rings. The first-order chi connectivity index (χ1) is 17.1.